The van der Waals surface area contributed by atoms with Crippen LogP contribution in [0.5, 0.6) is 0 Å². The van der Waals surface area contributed by atoms with Gasteiger partial charge in [-0.3, -0.25) is 9.88 Å². The van der Waals surface area contributed by atoms with E-state index in [1.54, 1.807) is 0 Å². The molecule has 6 nitrogen and oxygen atoms in total. The van der Waals surface area contributed by atoms with E-state index in [4.69, 9.17) is 0 Å². The average molecular weight is 374 g/mol. The lowest BCUT2D eigenvalue weighted by Gasteiger charge is -2.36. The van der Waals surface area contributed by atoms with Crippen LogP contribution >= 0.6 is 0 Å². The summed E-state index contributed by atoms with van der Waals surface area (Å²) in [6.07, 6.45) is 8.04. The van der Waals surface area contributed by atoms with Gasteiger partial charge in [0.2, 0.25) is 0 Å². The zero-order valence-corrected chi connectivity index (χ0v) is 16.9. The first kappa shape index (κ1) is 20.1. The van der Waals surface area contributed by atoms with Gasteiger partial charge in [0.1, 0.15) is 0 Å². The standard InChI is InChI=1S/C21H35N5O/c1-18(25-14-12-24(2)13-15-25)5-9-23-21(27)26-10-6-19(7-11-26)16-20-4-3-8-22-17-20/h3-4,8,17-19H,5-7,9-16H2,1-2H3,(H,23,27). The summed E-state index contributed by atoms with van der Waals surface area (Å²) in [6, 6.07) is 4.79. The molecule has 0 bridgehead atoms. The van der Waals surface area contributed by atoms with Gasteiger partial charge in [0, 0.05) is 64.2 Å². The first-order chi connectivity index (χ1) is 13.1. The van der Waals surface area contributed by atoms with E-state index in [1.165, 1.54) is 5.56 Å². The van der Waals surface area contributed by atoms with Crippen LogP contribution in [0.25, 0.3) is 0 Å². The van der Waals surface area contributed by atoms with Gasteiger partial charge in [-0.05, 0) is 57.2 Å². The van der Waals surface area contributed by atoms with Gasteiger partial charge in [0.25, 0.3) is 0 Å². The maximum atomic E-state index is 12.4. The van der Waals surface area contributed by atoms with Crippen LogP contribution in [0.2, 0.25) is 0 Å². The van der Waals surface area contributed by atoms with Gasteiger partial charge in [-0.1, -0.05) is 6.07 Å². The maximum absolute atomic E-state index is 12.4. The Morgan fingerprint density at radius 3 is 2.63 bits per heavy atom. The number of nitrogens with one attached hydrogen (secondary N) is 1. The molecular weight excluding hydrogens is 338 g/mol. The lowest BCUT2D eigenvalue weighted by atomic mass is 9.91. The fourth-order valence-electron chi connectivity index (χ4n) is 4.14. The fourth-order valence-corrected chi connectivity index (χ4v) is 4.14. The summed E-state index contributed by atoms with van der Waals surface area (Å²) < 4.78 is 0. The summed E-state index contributed by atoms with van der Waals surface area (Å²) in [5.74, 6) is 0.663. The number of aromatic nitrogens is 1. The highest BCUT2D eigenvalue weighted by molar-refractivity contribution is 5.74. The van der Waals surface area contributed by atoms with Crippen LogP contribution in [0.3, 0.4) is 0 Å². The third kappa shape index (κ3) is 6.18. The molecule has 0 saturated carbocycles. The predicted molar refractivity (Wildman–Crippen MR) is 109 cm³/mol. The van der Waals surface area contributed by atoms with Crippen molar-refractivity contribution >= 4 is 6.03 Å². The summed E-state index contributed by atoms with van der Waals surface area (Å²) >= 11 is 0. The van der Waals surface area contributed by atoms with Gasteiger partial charge in [0.15, 0.2) is 0 Å². The Labute approximate surface area is 163 Å². The summed E-state index contributed by atoms with van der Waals surface area (Å²) in [4.78, 5) is 23.5. The fraction of sp³-hybridized carbons (Fsp3) is 0.714. The van der Waals surface area contributed by atoms with Crippen molar-refractivity contribution < 1.29 is 4.79 Å². The van der Waals surface area contributed by atoms with Crippen molar-refractivity contribution in [2.45, 2.75) is 38.6 Å². The monoisotopic (exact) mass is 373 g/mol. The van der Waals surface area contributed by atoms with E-state index in [1.807, 2.05) is 23.4 Å². The lowest BCUT2D eigenvalue weighted by molar-refractivity contribution is 0.114. The quantitative estimate of drug-likeness (QED) is 0.829. The van der Waals surface area contributed by atoms with Crippen LogP contribution in [-0.2, 0) is 6.42 Å². The zero-order valence-electron chi connectivity index (χ0n) is 16.9. The molecule has 3 heterocycles. The summed E-state index contributed by atoms with van der Waals surface area (Å²) in [7, 11) is 2.18. The minimum Gasteiger partial charge on any atom is -0.338 e. The number of likely N-dealkylation sites (tertiary alicyclic amines) is 1. The van der Waals surface area contributed by atoms with Gasteiger partial charge >= 0.3 is 6.03 Å². The van der Waals surface area contributed by atoms with Crippen molar-refractivity contribution in [3.63, 3.8) is 0 Å². The molecule has 6 heteroatoms. The van der Waals surface area contributed by atoms with Crippen molar-refractivity contribution in [1.29, 1.82) is 0 Å². The Bertz CT molecular complexity index is 565. The van der Waals surface area contributed by atoms with Gasteiger partial charge < -0.3 is 15.1 Å². The van der Waals surface area contributed by atoms with Gasteiger partial charge in [0.05, 0.1) is 0 Å². The second kappa shape index (κ2) is 10.0. The number of carbonyl (C=O) groups is 1. The average Bonchev–Trinajstić information content (AvgIpc) is 2.69. The largest absolute Gasteiger partial charge is 0.338 e. The maximum Gasteiger partial charge on any atom is 0.317 e. The Morgan fingerprint density at radius 1 is 1.22 bits per heavy atom. The third-order valence-electron chi connectivity index (χ3n) is 6.15. The predicted octanol–water partition coefficient (Wildman–Crippen LogP) is 2.07. The number of rotatable bonds is 6. The topological polar surface area (TPSA) is 51.7 Å². The number of likely N-dealkylation sites (N-methyl/N-ethyl adjacent to an activating group) is 1. The number of piperazine rings is 1. The molecule has 3 rings (SSSR count). The van der Waals surface area contributed by atoms with Crippen molar-refractivity contribution in [2.75, 3.05) is 52.9 Å². The second-order valence-corrected chi connectivity index (χ2v) is 8.20. The number of urea groups is 1. The molecule has 2 aliphatic rings. The van der Waals surface area contributed by atoms with E-state index < -0.39 is 0 Å². The van der Waals surface area contributed by atoms with Crippen molar-refractivity contribution in [1.82, 2.24) is 25.0 Å². The lowest BCUT2D eigenvalue weighted by Crippen LogP contribution is -2.49. The molecule has 2 fully saturated rings. The van der Waals surface area contributed by atoms with Crippen LogP contribution in [0.15, 0.2) is 24.5 Å². The number of amides is 2. The number of hydrogen-bond acceptors (Lipinski definition) is 4. The molecule has 0 aromatic carbocycles. The first-order valence-corrected chi connectivity index (χ1v) is 10.5. The summed E-state index contributed by atoms with van der Waals surface area (Å²) in [5.41, 5.74) is 1.30. The van der Waals surface area contributed by atoms with E-state index in [0.717, 1.165) is 71.5 Å². The Hall–Kier alpha value is -1.66. The van der Waals surface area contributed by atoms with Gasteiger partial charge in [-0.15, -0.1) is 0 Å². The molecule has 1 aromatic heterocycles. The van der Waals surface area contributed by atoms with Crippen LogP contribution in [-0.4, -0.2) is 84.6 Å². The van der Waals surface area contributed by atoms with Crippen LogP contribution in [0.1, 0.15) is 31.7 Å². The number of nitrogens with zero attached hydrogens (tertiary/aromatic N) is 4. The minimum absolute atomic E-state index is 0.111. The van der Waals surface area contributed by atoms with E-state index >= 15 is 0 Å². The summed E-state index contributed by atoms with van der Waals surface area (Å²) in [5, 5.41) is 3.14. The molecule has 27 heavy (non-hydrogen) atoms. The smallest absolute Gasteiger partial charge is 0.317 e. The molecule has 1 aromatic rings. The van der Waals surface area contributed by atoms with E-state index in [0.29, 0.717) is 12.0 Å². The molecule has 0 radical (unpaired) electrons. The number of carbonyl (C=O) groups excluding carboxylic acids is 1. The van der Waals surface area contributed by atoms with E-state index in [-0.39, 0.29) is 6.03 Å². The normalized spacial score (nSPS) is 21.2. The number of hydrogen-bond donors (Lipinski definition) is 1. The molecule has 1 N–H and O–H groups in total. The van der Waals surface area contributed by atoms with Crippen LogP contribution < -0.4 is 5.32 Å². The SMILES string of the molecule is CC(CCNC(=O)N1CCC(Cc2cccnc2)CC1)N1CCN(C)CC1. The zero-order chi connectivity index (χ0) is 19.1. The van der Waals surface area contributed by atoms with Crippen molar-refractivity contribution in [2.24, 2.45) is 5.92 Å². The minimum atomic E-state index is 0.111. The van der Waals surface area contributed by atoms with Crippen molar-refractivity contribution in [3.8, 4) is 0 Å². The molecule has 2 aliphatic heterocycles. The highest BCUT2D eigenvalue weighted by Gasteiger charge is 2.23. The Balaban J connectivity index is 1.31. The highest BCUT2D eigenvalue weighted by atomic mass is 16.2. The molecule has 0 spiro atoms. The van der Waals surface area contributed by atoms with Crippen LogP contribution in [0, 0.1) is 5.92 Å². The van der Waals surface area contributed by atoms with E-state index in [9.17, 15) is 4.79 Å². The number of pyridine rings is 1. The van der Waals surface area contributed by atoms with Gasteiger partial charge in [-0.25, -0.2) is 4.79 Å². The van der Waals surface area contributed by atoms with E-state index in [2.05, 4.69) is 40.1 Å². The molecule has 2 amide bonds. The number of piperidine rings is 1. The van der Waals surface area contributed by atoms with Gasteiger partial charge in [-0.2, -0.15) is 0 Å². The molecule has 150 valence electrons. The highest BCUT2D eigenvalue weighted by Crippen LogP contribution is 2.21. The Morgan fingerprint density at radius 2 is 1.96 bits per heavy atom. The third-order valence-corrected chi connectivity index (χ3v) is 6.15. The summed E-state index contributed by atoms with van der Waals surface area (Å²) in [6.45, 7) is 9.33. The molecule has 0 aliphatic carbocycles. The first-order valence-electron chi connectivity index (χ1n) is 10.5. The Kier molecular flexibility index (Phi) is 7.47. The molecule has 2 saturated heterocycles. The van der Waals surface area contributed by atoms with Crippen LogP contribution in [0.4, 0.5) is 4.79 Å². The molecular formula is C21H35N5O. The molecule has 1 atom stereocenters. The van der Waals surface area contributed by atoms with Crippen molar-refractivity contribution in [3.05, 3.63) is 30.1 Å². The second-order valence-electron chi connectivity index (χ2n) is 8.20. The molecule has 1 unspecified atom stereocenters.